The smallest absolute Gasteiger partial charge is 0.248 e. The lowest BCUT2D eigenvalue weighted by Crippen LogP contribution is -2.41. The van der Waals surface area contributed by atoms with E-state index in [2.05, 4.69) is 46.8 Å². The Hall–Kier alpha value is -2.13. The highest BCUT2D eigenvalue weighted by Gasteiger charge is 2.27. The predicted molar refractivity (Wildman–Crippen MR) is 131 cm³/mol. The molecule has 1 fully saturated rings. The van der Waals surface area contributed by atoms with E-state index in [0.29, 0.717) is 18.0 Å². The molecule has 2 aromatic carbocycles. The van der Waals surface area contributed by atoms with E-state index < -0.39 is 5.91 Å². The maximum atomic E-state index is 11.2. The van der Waals surface area contributed by atoms with E-state index in [1.807, 2.05) is 12.1 Å². The molecule has 4 N–H and O–H groups in total. The Labute approximate surface area is 195 Å². The van der Waals surface area contributed by atoms with Crippen LogP contribution in [0.25, 0.3) is 0 Å². The fourth-order valence-electron chi connectivity index (χ4n) is 3.60. The SMILES string of the molecule is CN=C(NCc1ccc(C(N)=O)cc1)NCC1CCCOC1c1ccc(C)cc1.I. The van der Waals surface area contributed by atoms with Gasteiger partial charge in [0.1, 0.15) is 0 Å². The minimum Gasteiger partial charge on any atom is -0.373 e. The highest BCUT2D eigenvalue weighted by molar-refractivity contribution is 14.0. The van der Waals surface area contributed by atoms with Crippen molar-refractivity contribution >= 4 is 35.8 Å². The third-order valence-corrected chi connectivity index (χ3v) is 5.30. The molecule has 0 bridgehead atoms. The molecule has 2 unspecified atom stereocenters. The van der Waals surface area contributed by atoms with Crippen LogP contribution in [-0.4, -0.2) is 32.1 Å². The number of nitrogens with zero attached hydrogens (tertiary/aromatic N) is 1. The van der Waals surface area contributed by atoms with Crippen molar-refractivity contribution in [3.05, 3.63) is 70.8 Å². The summed E-state index contributed by atoms with van der Waals surface area (Å²) in [6.45, 7) is 4.31. The number of carbonyl (C=O) groups is 1. The number of nitrogens with one attached hydrogen (secondary N) is 2. The van der Waals surface area contributed by atoms with Gasteiger partial charge in [-0.15, -0.1) is 24.0 Å². The molecule has 0 spiro atoms. The van der Waals surface area contributed by atoms with Crippen LogP contribution in [0.15, 0.2) is 53.5 Å². The van der Waals surface area contributed by atoms with Crippen LogP contribution in [-0.2, 0) is 11.3 Å². The number of hydrogen-bond acceptors (Lipinski definition) is 3. The number of guanidine groups is 1. The largest absolute Gasteiger partial charge is 0.373 e. The molecule has 3 rings (SSSR count). The van der Waals surface area contributed by atoms with E-state index in [1.54, 1.807) is 19.2 Å². The minimum atomic E-state index is -0.417. The normalized spacial score (nSPS) is 18.9. The second kappa shape index (κ2) is 11.9. The van der Waals surface area contributed by atoms with E-state index in [1.165, 1.54) is 11.1 Å². The van der Waals surface area contributed by atoms with Crippen LogP contribution in [0.5, 0.6) is 0 Å². The van der Waals surface area contributed by atoms with Crippen LogP contribution < -0.4 is 16.4 Å². The van der Waals surface area contributed by atoms with Gasteiger partial charge in [-0.25, -0.2) is 0 Å². The number of carbonyl (C=O) groups excluding carboxylic acids is 1. The van der Waals surface area contributed by atoms with Crippen LogP contribution in [0.1, 0.15) is 46.0 Å². The molecule has 6 nitrogen and oxygen atoms in total. The molecular weight excluding hydrogens is 491 g/mol. The lowest BCUT2D eigenvalue weighted by atomic mass is 9.89. The van der Waals surface area contributed by atoms with E-state index in [0.717, 1.165) is 37.5 Å². The van der Waals surface area contributed by atoms with Gasteiger partial charge in [-0.2, -0.15) is 0 Å². The second-order valence-electron chi connectivity index (χ2n) is 7.47. The van der Waals surface area contributed by atoms with Gasteiger partial charge >= 0.3 is 0 Å². The van der Waals surface area contributed by atoms with Crippen molar-refractivity contribution in [1.29, 1.82) is 0 Å². The number of rotatable bonds is 6. The number of hydrogen-bond donors (Lipinski definition) is 3. The van der Waals surface area contributed by atoms with Crippen molar-refractivity contribution in [3.63, 3.8) is 0 Å². The zero-order valence-electron chi connectivity index (χ0n) is 17.6. The standard InChI is InChI=1S/C23H30N4O2.HI/c1-16-5-9-18(10-6-16)21-20(4-3-13-29-21)15-27-23(25-2)26-14-17-7-11-19(12-8-17)22(24)28;/h5-12,20-21H,3-4,13-15H2,1-2H3,(H2,24,28)(H2,25,26,27);1H. The summed E-state index contributed by atoms with van der Waals surface area (Å²) in [5.74, 6) is 0.719. The van der Waals surface area contributed by atoms with Gasteiger partial charge in [0.05, 0.1) is 6.10 Å². The zero-order valence-corrected chi connectivity index (χ0v) is 19.9. The molecular formula is C23H31IN4O2. The zero-order chi connectivity index (χ0) is 20.6. The first-order chi connectivity index (χ1) is 14.1. The highest BCUT2D eigenvalue weighted by Crippen LogP contribution is 2.33. The van der Waals surface area contributed by atoms with Gasteiger partial charge in [0.2, 0.25) is 5.91 Å². The second-order valence-corrected chi connectivity index (χ2v) is 7.47. The van der Waals surface area contributed by atoms with Gasteiger partial charge in [-0.3, -0.25) is 9.79 Å². The van der Waals surface area contributed by atoms with Crippen LogP contribution in [0, 0.1) is 12.8 Å². The van der Waals surface area contributed by atoms with Gasteiger partial charge in [0.15, 0.2) is 5.96 Å². The van der Waals surface area contributed by atoms with Gasteiger partial charge in [0.25, 0.3) is 0 Å². The molecule has 30 heavy (non-hydrogen) atoms. The van der Waals surface area contributed by atoms with Crippen LogP contribution >= 0.6 is 24.0 Å². The van der Waals surface area contributed by atoms with Crippen molar-refractivity contribution in [2.24, 2.45) is 16.6 Å². The Balaban J connectivity index is 0.00000320. The number of aryl methyl sites for hydroxylation is 1. The van der Waals surface area contributed by atoms with Gasteiger partial charge in [0, 0.05) is 38.2 Å². The molecule has 7 heteroatoms. The molecule has 2 atom stereocenters. The summed E-state index contributed by atoms with van der Waals surface area (Å²) in [6, 6.07) is 15.9. The fourth-order valence-corrected chi connectivity index (χ4v) is 3.60. The number of amides is 1. The van der Waals surface area contributed by atoms with Crippen molar-refractivity contribution in [2.75, 3.05) is 20.2 Å². The Kier molecular flexibility index (Phi) is 9.58. The molecule has 1 aliphatic heterocycles. The Bertz CT molecular complexity index is 837. The highest BCUT2D eigenvalue weighted by atomic mass is 127. The number of halogens is 1. The molecule has 0 aliphatic carbocycles. The number of aliphatic imine (C=N–C) groups is 1. The molecule has 1 saturated heterocycles. The van der Waals surface area contributed by atoms with Crippen molar-refractivity contribution < 1.29 is 9.53 Å². The maximum Gasteiger partial charge on any atom is 0.248 e. The van der Waals surface area contributed by atoms with E-state index in [4.69, 9.17) is 10.5 Å². The number of benzene rings is 2. The summed E-state index contributed by atoms with van der Waals surface area (Å²) in [6.07, 6.45) is 2.31. The van der Waals surface area contributed by atoms with Crippen LogP contribution in [0.3, 0.4) is 0 Å². The minimum absolute atomic E-state index is 0. The Morgan fingerprint density at radius 3 is 2.47 bits per heavy atom. The summed E-state index contributed by atoms with van der Waals surface area (Å²) >= 11 is 0. The summed E-state index contributed by atoms with van der Waals surface area (Å²) in [5.41, 5.74) is 9.34. The first-order valence-corrected chi connectivity index (χ1v) is 10.1. The van der Waals surface area contributed by atoms with Gasteiger partial charge in [-0.1, -0.05) is 42.0 Å². The summed E-state index contributed by atoms with van der Waals surface area (Å²) in [5, 5.41) is 6.75. The first-order valence-electron chi connectivity index (χ1n) is 10.1. The number of nitrogens with two attached hydrogens (primary N) is 1. The van der Waals surface area contributed by atoms with E-state index in [9.17, 15) is 4.79 Å². The lowest BCUT2D eigenvalue weighted by molar-refractivity contribution is -0.0265. The van der Waals surface area contributed by atoms with Crippen molar-refractivity contribution in [3.8, 4) is 0 Å². The average Bonchev–Trinajstić information content (AvgIpc) is 2.75. The monoisotopic (exact) mass is 522 g/mol. The molecule has 0 radical (unpaired) electrons. The molecule has 1 amide bonds. The average molecular weight is 522 g/mol. The first kappa shape index (κ1) is 24.1. The maximum absolute atomic E-state index is 11.2. The van der Waals surface area contributed by atoms with Crippen molar-refractivity contribution in [2.45, 2.75) is 32.4 Å². The fraction of sp³-hybridized carbons (Fsp3) is 0.391. The molecule has 0 saturated carbocycles. The molecule has 0 aromatic heterocycles. The Morgan fingerprint density at radius 1 is 1.13 bits per heavy atom. The quantitative estimate of drug-likeness (QED) is 0.308. The molecule has 1 heterocycles. The third kappa shape index (κ3) is 6.70. The Morgan fingerprint density at radius 2 is 1.83 bits per heavy atom. The summed E-state index contributed by atoms with van der Waals surface area (Å²) in [4.78, 5) is 15.5. The van der Waals surface area contributed by atoms with Gasteiger partial charge in [-0.05, 0) is 43.0 Å². The lowest BCUT2D eigenvalue weighted by Gasteiger charge is -2.32. The molecule has 162 valence electrons. The number of primary amides is 1. The molecule has 1 aliphatic rings. The third-order valence-electron chi connectivity index (χ3n) is 5.30. The summed E-state index contributed by atoms with van der Waals surface area (Å²) < 4.78 is 6.10. The summed E-state index contributed by atoms with van der Waals surface area (Å²) in [7, 11) is 1.76. The van der Waals surface area contributed by atoms with Crippen LogP contribution in [0.4, 0.5) is 0 Å². The topological polar surface area (TPSA) is 88.7 Å². The van der Waals surface area contributed by atoms with E-state index in [-0.39, 0.29) is 30.1 Å². The van der Waals surface area contributed by atoms with Crippen molar-refractivity contribution in [1.82, 2.24) is 10.6 Å². The van der Waals surface area contributed by atoms with E-state index >= 15 is 0 Å². The number of ether oxygens (including phenoxy) is 1. The van der Waals surface area contributed by atoms with Crippen LogP contribution in [0.2, 0.25) is 0 Å². The van der Waals surface area contributed by atoms with Gasteiger partial charge < -0.3 is 21.1 Å². The predicted octanol–water partition coefficient (Wildman–Crippen LogP) is 3.54. The molecule has 2 aromatic rings.